The third kappa shape index (κ3) is 16.0. The second-order valence-corrected chi connectivity index (χ2v) is 9.22. The summed E-state index contributed by atoms with van der Waals surface area (Å²) in [5.41, 5.74) is -2.37. The van der Waals surface area contributed by atoms with Gasteiger partial charge >= 0.3 is 29.6 Å². The maximum Gasteiger partial charge on any atom is 1.00 e. The first-order valence-electron chi connectivity index (χ1n) is 6.72. The van der Waals surface area contributed by atoms with E-state index in [1.165, 1.54) is 38.5 Å². The van der Waals surface area contributed by atoms with Gasteiger partial charge in [0.05, 0.1) is 18.9 Å². The van der Waals surface area contributed by atoms with Gasteiger partial charge in [0.15, 0.2) is 0 Å². The quantitative estimate of drug-likeness (QED) is 0.237. The summed E-state index contributed by atoms with van der Waals surface area (Å²) in [6, 6.07) is 0. The molecule has 0 spiro atoms. The Balaban J connectivity index is 0. The van der Waals surface area contributed by atoms with Gasteiger partial charge in [-0.05, 0) is 12.8 Å². The Labute approximate surface area is 146 Å². The zero-order valence-electron chi connectivity index (χ0n) is 12.2. The fourth-order valence-electron chi connectivity index (χ4n) is 1.45. The predicted octanol–water partition coefficient (Wildman–Crippen LogP) is 1.96. The van der Waals surface area contributed by atoms with Gasteiger partial charge in [-0.3, -0.25) is 0 Å². The number of hydrogen-bond donors (Lipinski definition) is 0. The van der Waals surface area contributed by atoms with E-state index in [0.29, 0.717) is 13.2 Å². The van der Waals surface area contributed by atoms with E-state index < -0.39 is 5.69 Å². The van der Waals surface area contributed by atoms with Crippen molar-refractivity contribution in [2.45, 2.75) is 65.2 Å². The smallest absolute Gasteiger partial charge is 0.691 e. The van der Waals surface area contributed by atoms with Gasteiger partial charge in [0.25, 0.3) is 0 Å². The van der Waals surface area contributed by atoms with Gasteiger partial charge in [0.2, 0.25) is 0 Å². The Hall–Kier alpha value is 1.92. The molecule has 0 amide bonds. The first-order valence-corrected chi connectivity index (χ1v) is 10.4. The molecule has 0 unspecified atom stereocenters. The van der Waals surface area contributed by atoms with Crippen molar-refractivity contribution in [1.29, 1.82) is 0 Å². The Morgan fingerprint density at radius 1 is 0.833 bits per heavy atom. The number of hydrogen-bond acceptors (Lipinski definition) is 4. The summed E-state index contributed by atoms with van der Waals surface area (Å²) in [5, 5.41) is 0. The van der Waals surface area contributed by atoms with Gasteiger partial charge in [-0.25, -0.2) is 0 Å². The molecule has 0 aromatic heterocycles. The fraction of sp³-hybridized carbons (Fsp3) is 1.00. The van der Waals surface area contributed by atoms with Crippen LogP contribution in [0.15, 0.2) is 0 Å². The van der Waals surface area contributed by atoms with Gasteiger partial charge in [-0.2, -0.15) is 0 Å². The maximum atomic E-state index is 5.50. The molecule has 0 fully saturated rings. The molecule has 2 nitrogen and oxygen atoms in total. The molecule has 0 radical (unpaired) electrons. The van der Waals surface area contributed by atoms with E-state index >= 15 is 0 Å². The normalized spacial score (nSPS) is 11.3. The van der Waals surface area contributed by atoms with Crippen LogP contribution in [0.25, 0.3) is 0 Å². The molecule has 0 aliphatic carbocycles. The van der Waals surface area contributed by atoms with Gasteiger partial charge in [0.1, 0.15) is 0 Å². The van der Waals surface area contributed by atoms with Crippen LogP contribution in [0.3, 0.4) is 0 Å². The van der Waals surface area contributed by atoms with E-state index in [-0.39, 0.29) is 29.6 Å². The van der Waals surface area contributed by atoms with E-state index in [0.717, 1.165) is 12.8 Å². The molecule has 0 aliphatic heterocycles. The van der Waals surface area contributed by atoms with E-state index in [1.807, 2.05) is 0 Å². The Bertz CT molecular complexity index is 200. The fourth-order valence-corrected chi connectivity index (χ4v) is 3.12. The molecule has 0 N–H and O–H groups in total. The average molecular weight is 320 g/mol. The first-order chi connectivity index (χ1) is 8.12. The van der Waals surface area contributed by atoms with Crippen LogP contribution in [0.2, 0.25) is 0 Å². The second kappa shape index (κ2) is 15.3. The molecule has 0 bridgehead atoms. The third-order valence-electron chi connectivity index (χ3n) is 2.49. The molecule has 0 saturated heterocycles. The van der Waals surface area contributed by atoms with E-state index in [1.54, 1.807) is 0 Å². The Kier molecular flexibility index (Phi) is 18.9. The van der Waals surface area contributed by atoms with Gasteiger partial charge in [-0.1, -0.05) is 64.2 Å². The zero-order chi connectivity index (χ0) is 13.0. The second-order valence-electron chi connectivity index (χ2n) is 4.23. The minimum Gasteiger partial charge on any atom is -0.691 e. The van der Waals surface area contributed by atoms with Crippen molar-refractivity contribution in [3.63, 3.8) is 0 Å². The number of unbranched alkanes of at least 4 members (excludes halogenated alkanes) is 6. The first kappa shape index (κ1) is 22.2. The Morgan fingerprint density at radius 3 is 1.56 bits per heavy atom. The molecular formula is C12H26NaO2PS2. The number of rotatable bonds is 12. The molecule has 0 aromatic carbocycles. The molecule has 0 aliphatic rings. The maximum absolute atomic E-state index is 5.50. The van der Waals surface area contributed by atoms with E-state index in [4.69, 9.17) is 33.1 Å². The molecule has 104 valence electrons. The molecule has 18 heavy (non-hydrogen) atoms. The monoisotopic (exact) mass is 320 g/mol. The van der Waals surface area contributed by atoms with Crippen LogP contribution in [0.4, 0.5) is 0 Å². The molecule has 6 heteroatoms. The van der Waals surface area contributed by atoms with Crippen molar-refractivity contribution in [2.75, 3.05) is 13.2 Å². The summed E-state index contributed by atoms with van der Waals surface area (Å²) in [6.07, 6.45) is 9.44. The van der Waals surface area contributed by atoms with Crippen molar-refractivity contribution < 1.29 is 38.6 Å². The molecule has 0 heterocycles. The SMILES string of the molecule is CCCCCCOP(=S)([S-])OCCCCCC.[Na+]. The summed E-state index contributed by atoms with van der Waals surface area (Å²) < 4.78 is 11.0. The van der Waals surface area contributed by atoms with Gasteiger partial charge in [0, 0.05) is 0 Å². The van der Waals surface area contributed by atoms with E-state index in [9.17, 15) is 0 Å². The van der Waals surface area contributed by atoms with Crippen molar-refractivity contribution >= 4 is 29.7 Å². The van der Waals surface area contributed by atoms with Crippen LogP contribution in [0.5, 0.6) is 0 Å². The average Bonchev–Trinajstić information content (AvgIpc) is 2.28. The molecule has 0 atom stereocenters. The zero-order valence-corrected chi connectivity index (χ0v) is 16.7. The van der Waals surface area contributed by atoms with Crippen molar-refractivity contribution in [2.24, 2.45) is 0 Å². The predicted molar refractivity (Wildman–Crippen MR) is 81.8 cm³/mol. The van der Waals surface area contributed by atoms with Crippen LogP contribution < -0.4 is 29.6 Å². The molecular weight excluding hydrogens is 294 g/mol. The van der Waals surface area contributed by atoms with Crippen LogP contribution in [-0.2, 0) is 33.1 Å². The van der Waals surface area contributed by atoms with Crippen molar-refractivity contribution in [3.05, 3.63) is 0 Å². The van der Waals surface area contributed by atoms with Gasteiger partial charge in [-0.15, -0.1) is 0 Å². The van der Waals surface area contributed by atoms with Crippen molar-refractivity contribution in [3.8, 4) is 0 Å². The topological polar surface area (TPSA) is 18.5 Å². The Morgan fingerprint density at radius 2 is 1.22 bits per heavy atom. The molecule has 0 saturated carbocycles. The third-order valence-corrected chi connectivity index (χ3v) is 4.76. The summed E-state index contributed by atoms with van der Waals surface area (Å²) in [6.45, 7) is 5.71. The van der Waals surface area contributed by atoms with E-state index in [2.05, 4.69) is 13.8 Å². The summed E-state index contributed by atoms with van der Waals surface area (Å²) >= 11 is 10.4. The van der Waals surface area contributed by atoms with Gasteiger partial charge < -0.3 is 21.3 Å². The minimum absolute atomic E-state index is 0. The largest absolute Gasteiger partial charge is 1.00 e. The van der Waals surface area contributed by atoms with Crippen LogP contribution in [-0.4, -0.2) is 13.2 Å². The van der Waals surface area contributed by atoms with Crippen molar-refractivity contribution in [1.82, 2.24) is 0 Å². The van der Waals surface area contributed by atoms with Crippen LogP contribution >= 0.6 is 5.69 Å². The minimum atomic E-state index is -2.37. The molecule has 0 rings (SSSR count). The summed E-state index contributed by atoms with van der Waals surface area (Å²) in [5.74, 6) is 0. The van der Waals surface area contributed by atoms with Crippen LogP contribution in [0.1, 0.15) is 65.2 Å². The molecule has 0 aromatic rings. The standard InChI is InChI=1S/C12H27O2PS2.Na/c1-3-5-7-9-11-13-15(16,17)14-12-10-8-6-4-2;/h3-12H2,1-2H3,(H,16,17);/q;+1/p-1. The van der Waals surface area contributed by atoms with Crippen LogP contribution in [0, 0.1) is 0 Å². The summed E-state index contributed by atoms with van der Waals surface area (Å²) in [7, 11) is 0. The summed E-state index contributed by atoms with van der Waals surface area (Å²) in [4.78, 5) is 0.